The molecule has 1 aliphatic rings. The van der Waals surface area contributed by atoms with E-state index >= 15 is 0 Å². The molecule has 0 fully saturated rings. The van der Waals surface area contributed by atoms with Crippen molar-refractivity contribution >= 4 is 0 Å². The number of hydrogen-bond donors (Lipinski definition) is 0. The smallest absolute Gasteiger partial charge is 0.0677 e. The van der Waals surface area contributed by atoms with Gasteiger partial charge in [0.15, 0.2) is 0 Å². The van der Waals surface area contributed by atoms with Crippen LogP contribution in [0, 0.1) is 12.3 Å². The number of hydrogen-bond acceptors (Lipinski definition) is 1. The molecule has 1 heteroatoms. The third-order valence-electron chi connectivity index (χ3n) is 1.61. The predicted molar refractivity (Wildman–Crippen MR) is 41.6 cm³/mol. The van der Waals surface area contributed by atoms with E-state index in [4.69, 9.17) is 11.2 Å². The lowest BCUT2D eigenvalue weighted by Gasteiger charge is -2.28. The van der Waals surface area contributed by atoms with E-state index in [-0.39, 0.29) is 5.60 Å². The molecule has 0 aliphatic carbocycles. The lowest BCUT2D eigenvalue weighted by atomic mass is 9.96. The standard InChI is InChI=1S/C9H12O/c1-4-8-5-6-10-9(2,3)7-8/h1,5H,6-7H2,2-3H3. The Hall–Kier alpha value is -0.740. The average molecular weight is 136 g/mol. The molecule has 1 aliphatic heterocycles. The van der Waals surface area contributed by atoms with Crippen LogP contribution in [0.3, 0.4) is 0 Å². The monoisotopic (exact) mass is 136 g/mol. The molecule has 0 radical (unpaired) electrons. The van der Waals surface area contributed by atoms with E-state index in [0.717, 1.165) is 12.0 Å². The van der Waals surface area contributed by atoms with Crippen LogP contribution < -0.4 is 0 Å². The Morgan fingerprint density at radius 2 is 2.40 bits per heavy atom. The fourth-order valence-corrected chi connectivity index (χ4v) is 1.06. The van der Waals surface area contributed by atoms with Gasteiger partial charge in [-0.2, -0.15) is 0 Å². The van der Waals surface area contributed by atoms with E-state index in [0.29, 0.717) is 6.61 Å². The third-order valence-corrected chi connectivity index (χ3v) is 1.61. The van der Waals surface area contributed by atoms with Crippen molar-refractivity contribution < 1.29 is 4.74 Å². The maximum Gasteiger partial charge on any atom is 0.0677 e. The second-order valence-electron chi connectivity index (χ2n) is 3.12. The summed E-state index contributed by atoms with van der Waals surface area (Å²) >= 11 is 0. The third kappa shape index (κ3) is 1.62. The zero-order valence-electron chi connectivity index (χ0n) is 6.48. The van der Waals surface area contributed by atoms with Crippen LogP contribution in [0.1, 0.15) is 20.3 Å². The Kier molecular flexibility index (Phi) is 1.82. The van der Waals surface area contributed by atoms with E-state index in [9.17, 15) is 0 Å². The van der Waals surface area contributed by atoms with Gasteiger partial charge in [-0.1, -0.05) is 5.92 Å². The van der Waals surface area contributed by atoms with Crippen molar-refractivity contribution in [3.05, 3.63) is 11.6 Å². The summed E-state index contributed by atoms with van der Waals surface area (Å²) in [5, 5.41) is 0. The summed E-state index contributed by atoms with van der Waals surface area (Å²) in [6.45, 7) is 4.77. The van der Waals surface area contributed by atoms with Gasteiger partial charge < -0.3 is 4.74 Å². The minimum atomic E-state index is -0.0591. The highest BCUT2D eigenvalue weighted by Gasteiger charge is 2.22. The first-order valence-electron chi connectivity index (χ1n) is 3.44. The fourth-order valence-electron chi connectivity index (χ4n) is 1.06. The van der Waals surface area contributed by atoms with Gasteiger partial charge in [-0.05, 0) is 19.9 Å². The highest BCUT2D eigenvalue weighted by atomic mass is 16.5. The molecule has 0 aromatic carbocycles. The molecule has 10 heavy (non-hydrogen) atoms. The molecule has 0 saturated carbocycles. The number of ether oxygens (including phenoxy) is 1. The number of terminal acetylenes is 1. The molecule has 0 aromatic rings. The molecule has 1 rings (SSSR count). The van der Waals surface area contributed by atoms with E-state index < -0.39 is 0 Å². The summed E-state index contributed by atoms with van der Waals surface area (Å²) < 4.78 is 5.43. The van der Waals surface area contributed by atoms with Crippen molar-refractivity contribution in [1.29, 1.82) is 0 Å². The topological polar surface area (TPSA) is 9.23 Å². The molecular formula is C9H12O. The highest BCUT2D eigenvalue weighted by Crippen LogP contribution is 2.23. The Morgan fingerprint density at radius 3 is 2.80 bits per heavy atom. The summed E-state index contributed by atoms with van der Waals surface area (Å²) in [7, 11) is 0. The van der Waals surface area contributed by atoms with Crippen LogP contribution in [-0.2, 0) is 4.74 Å². The van der Waals surface area contributed by atoms with E-state index in [1.807, 2.05) is 6.08 Å². The molecule has 1 nitrogen and oxygen atoms in total. The molecule has 0 bridgehead atoms. The zero-order valence-corrected chi connectivity index (χ0v) is 6.48. The first kappa shape index (κ1) is 7.37. The zero-order chi connectivity index (χ0) is 7.61. The van der Waals surface area contributed by atoms with Crippen molar-refractivity contribution in [2.45, 2.75) is 25.9 Å². The van der Waals surface area contributed by atoms with Crippen molar-refractivity contribution in [1.82, 2.24) is 0 Å². The van der Waals surface area contributed by atoms with Crippen LogP contribution in [0.2, 0.25) is 0 Å². The van der Waals surface area contributed by atoms with Crippen molar-refractivity contribution in [3.63, 3.8) is 0 Å². The normalized spacial score (nSPS) is 23.1. The van der Waals surface area contributed by atoms with Gasteiger partial charge in [0.25, 0.3) is 0 Å². The van der Waals surface area contributed by atoms with Crippen LogP contribution in [0.4, 0.5) is 0 Å². The maximum absolute atomic E-state index is 5.43. The molecule has 0 atom stereocenters. The van der Waals surface area contributed by atoms with Gasteiger partial charge in [0.2, 0.25) is 0 Å². The average Bonchev–Trinajstić information content (AvgIpc) is 1.86. The Morgan fingerprint density at radius 1 is 1.70 bits per heavy atom. The highest BCUT2D eigenvalue weighted by molar-refractivity contribution is 5.28. The second kappa shape index (κ2) is 2.48. The summed E-state index contributed by atoms with van der Waals surface area (Å²) in [5.74, 6) is 2.64. The van der Waals surface area contributed by atoms with Gasteiger partial charge in [0.1, 0.15) is 0 Å². The Bertz CT molecular complexity index is 193. The SMILES string of the molecule is C#CC1=CCOC(C)(C)C1. The lowest BCUT2D eigenvalue weighted by Crippen LogP contribution is -2.28. The van der Waals surface area contributed by atoms with Crippen molar-refractivity contribution in [2.75, 3.05) is 6.61 Å². The van der Waals surface area contributed by atoms with E-state index in [1.165, 1.54) is 0 Å². The summed E-state index contributed by atoms with van der Waals surface area (Å²) in [6.07, 6.45) is 8.08. The van der Waals surface area contributed by atoms with E-state index in [1.54, 1.807) is 0 Å². The molecule has 0 spiro atoms. The molecule has 54 valence electrons. The molecule has 0 N–H and O–H groups in total. The van der Waals surface area contributed by atoms with Gasteiger partial charge >= 0.3 is 0 Å². The maximum atomic E-state index is 5.43. The molecule has 0 aromatic heterocycles. The van der Waals surface area contributed by atoms with Gasteiger partial charge in [0.05, 0.1) is 12.2 Å². The van der Waals surface area contributed by atoms with E-state index in [2.05, 4.69) is 19.8 Å². The first-order valence-corrected chi connectivity index (χ1v) is 3.44. The largest absolute Gasteiger partial charge is 0.371 e. The van der Waals surface area contributed by atoms with Crippen molar-refractivity contribution in [3.8, 4) is 12.3 Å². The van der Waals surface area contributed by atoms with Gasteiger partial charge in [-0.3, -0.25) is 0 Å². The van der Waals surface area contributed by atoms with Gasteiger partial charge in [0, 0.05) is 12.0 Å². The summed E-state index contributed by atoms with van der Waals surface area (Å²) in [5.41, 5.74) is 1.01. The van der Waals surface area contributed by atoms with Crippen LogP contribution in [0.15, 0.2) is 11.6 Å². The lowest BCUT2D eigenvalue weighted by molar-refractivity contribution is -0.00807. The van der Waals surface area contributed by atoms with Crippen LogP contribution in [-0.4, -0.2) is 12.2 Å². The van der Waals surface area contributed by atoms with Crippen LogP contribution >= 0.6 is 0 Å². The van der Waals surface area contributed by atoms with Crippen molar-refractivity contribution in [2.24, 2.45) is 0 Å². The van der Waals surface area contributed by atoms with Crippen LogP contribution in [0.25, 0.3) is 0 Å². The molecular weight excluding hydrogens is 124 g/mol. The molecule has 0 saturated heterocycles. The second-order valence-corrected chi connectivity index (χ2v) is 3.12. The Balaban J connectivity index is 2.68. The fraction of sp³-hybridized carbons (Fsp3) is 0.556. The molecule has 0 unspecified atom stereocenters. The molecule has 1 heterocycles. The summed E-state index contributed by atoms with van der Waals surface area (Å²) in [6, 6.07) is 0. The predicted octanol–water partition coefficient (Wildman–Crippen LogP) is 1.74. The first-order chi connectivity index (χ1) is 4.64. The van der Waals surface area contributed by atoms with Gasteiger partial charge in [-0.25, -0.2) is 0 Å². The minimum absolute atomic E-state index is 0.0591. The molecule has 0 amide bonds. The van der Waals surface area contributed by atoms with Crippen LogP contribution in [0.5, 0.6) is 0 Å². The quantitative estimate of drug-likeness (QED) is 0.461. The Labute approximate surface area is 62.1 Å². The van der Waals surface area contributed by atoms with Gasteiger partial charge in [-0.15, -0.1) is 6.42 Å². The summed E-state index contributed by atoms with van der Waals surface area (Å²) in [4.78, 5) is 0. The minimum Gasteiger partial charge on any atom is -0.371 e. The number of rotatable bonds is 0.